The predicted octanol–water partition coefficient (Wildman–Crippen LogP) is 2.77. The number of amides is 1. The quantitative estimate of drug-likeness (QED) is 0.842. The summed E-state index contributed by atoms with van der Waals surface area (Å²) in [6.45, 7) is 6.83. The minimum absolute atomic E-state index is 0. The fourth-order valence-electron chi connectivity index (χ4n) is 2.17. The minimum Gasteiger partial charge on any atom is -0.492 e. The average Bonchev–Trinajstić information content (AvgIpc) is 2.37. The van der Waals surface area contributed by atoms with Crippen molar-refractivity contribution in [2.45, 2.75) is 39.2 Å². The molecule has 21 heavy (non-hydrogen) atoms. The minimum atomic E-state index is -0.785. The average molecular weight is 315 g/mol. The van der Waals surface area contributed by atoms with E-state index in [4.69, 9.17) is 10.5 Å². The van der Waals surface area contributed by atoms with E-state index in [9.17, 15) is 4.79 Å². The molecule has 1 rings (SSSR count). The van der Waals surface area contributed by atoms with Crippen molar-refractivity contribution in [2.24, 2.45) is 5.73 Å². The number of nitrogens with two attached hydrogens (primary N) is 1. The maximum atomic E-state index is 12.2. The van der Waals surface area contributed by atoms with Crippen LogP contribution in [0.2, 0.25) is 0 Å². The number of carbonyl (C=O) groups excluding carboxylic acids is 1. The van der Waals surface area contributed by atoms with Crippen molar-refractivity contribution in [2.75, 3.05) is 20.2 Å². The summed E-state index contributed by atoms with van der Waals surface area (Å²) in [5.74, 6) is 0.794. The number of hydrogen-bond donors (Lipinski definition) is 1. The maximum Gasteiger partial charge on any atom is 0.242 e. The Balaban J connectivity index is 0.00000400. The summed E-state index contributed by atoms with van der Waals surface area (Å²) in [7, 11) is 1.77. The zero-order chi connectivity index (χ0) is 15.2. The lowest BCUT2D eigenvalue weighted by molar-refractivity contribution is -0.135. The standard InChI is InChI=1S/C16H26N2O2.ClH/c1-5-9-16(3,17)15(19)18(4)10-11-20-14-8-6-7-13(2)12-14;/h6-8,12H,5,9-11,17H2,1-4H3;1H. The normalized spacial score (nSPS) is 13.0. The van der Waals surface area contributed by atoms with Gasteiger partial charge in [-0.1, -0.05) is 25.5 Å². The summed E-state index contributed by atoms with van der Waals surface area (Å²) in [4.78, 5) is 13.8. The van der Waals surface area contributed by atoms with Gasteiger partial charge >= 0.3 is 0 Å². The van der Waals surface area contributed by atoms with Gasteiger partial charge in [-0.25, -0.2) is 0 Å². The third-order valence-electron chi connectivity index (χ3n) is 3.29. The van der Waals surface area contributed by atoms with E-state index in [-0.39, 0.29) is 18.3 Å². The van der Waals surface area contributed by atoms with Crippen LogP contribution in [-0.2, 0) is 4.79 Å². The van der Waals surface area contributed by atoms with Gasteiger partial charge in [-0.3, -0.25) is 4.79 Å². The van der Waals surface area contributed by atoms with Crippen LogP contribution in [0.3, 0.4) is 0 Å². The van der Waals surface area contributed by atoms with E-state index in [0.29, 0.717) is 19.6 Å². The van der Waals surface area contributed by atoms with Crippen molar-refractivity contribution in [3.63, 3.8) is 0 Å². The Hall–Kier alpha value is -1.26. The summed E-state index contributed by atoms with van der Waals surface area (Å²) in [6, 6.07) is 7.87. The Morgan fingerprint density at radius 3 is 2.67 bits per heavy atom. The molecule has 1 unspecified atom stereocenters. The number of likely N-dealkylation sites (N-methyl/N-ethyl adjacent to an activating group) is 1. The molecule has 0 aliphatic carbocycles. The molecule has 1 aromatic rings. The Morgan fingerprint density at radius 1 is 1.43 bits per heavy atom. The second-order valence-corrected chi connectivity index (χ2v) is 5.56. The van der Waals surface area contributed by atoms with Crippen LogP contribution in [0.4, 0.5) is 0 Å². The second kappa shape index (κ2) is 8.90. The first-order valence-corrected chi connectivity index (χ1v) is 7.10. The molecule has 4 nitrogen and oxygen atoms in total. The SMILES string of the molecule is CCCC(C)(N)C(=O)N(C)CCOc1cccc(C)c1.Cl. The van der Waals surface area contributed by atoms with Gasteiger partial charge in [0.05, 0.1) is 12.1 Å². The number of ether oxygens (including phenoxy) is 1. The van der Waals surface area contributed by atoms with Gasteiger partial charge in [0, 0.05) is 7.05 Å². The summed E-state index contributed by atoms with van der Waals surface area (Å²) in [5.41, 5.74) is 6.41. The third-order valence-corrected chi connectivity index (χ3v) is 3.29. The van der Waals surface area contributed by atoms with E-state index >= 15 is 0 Å². The van der Waals surface area contributed by atoms with Crippen molar-refractivity contribution in [1.82, 2.24) is 4.90 Å². The molecule has 0 radical (unpaired) electrons. The summed E-state index contributed by atoms with van der Waals surface area (Å²) in [6.07, 6.45) is 1.58. The van der Waals surface area contributed by atoms with Crippen LogP contribution in [0.5, 0.6) is 5.75 Å². The van der Waals surface area contributed by atoms with Crippen LogP contribution >= 0.6 is 12.4 Å². The molecule has 0 heterocycles. The molecule has 1 amide bonds. The fourth-order valence-corrected chi connectivity index (χ4v) is 2.17. The predicted molar refractivity (Wildman–Crippen MR) is 89.1 cm³/mol. The van der Waals surface area contributed by atoms with Gasteiger partial charge in [0.25, 0.3) is 0 Å². The van der Waals surface area contributed by atoms with E-state index < -0.39 is 5.54 Å². The Labute approximate surface area is 134 Å². The lowest BCUT2D eigenvalue weighted by Crippen LogP contribution is -2.52. The maximum absolute atomic E-state index is 12.2. The lowest BCUT2D eigenvalue weighted by Gasteiger charge is -2.28. The highest BCUT2D eigenvalue weighted by atomic mass is 35.5. The van der Waals surface area contributed by atoms with E-state index in [0.717, 1.165) is 17.7 Å². The van der Waals surface area contributed by atoms with Gasteiger partial charge in [-0.2, -0.15) is 0 Å². The number of rotatable bonds is 7. The highest BCUT2D eigenvalue weighted by Crippen LogP contribution is 2.13. The first-order chi connectivity index (χ1) is 9.36. The molecule has 0 spiro atoms. The smallest absolute Gasteiger partial charge is 0.242 e. The molecule has 0 fully saturated rings. The van der Waals surface area contributed by atoms with Gasteiger partial charge in [0.15, 0.2) is 0 Å². The van der Waals surface area contributed by atoms with Gasteiger partial charge in [0.2, 0.25) is 5.91 Å². The van der Waals surface area contributed by atoms with Crippen LogP contribution < -0.4 is 10.5 Å². The monoisotopic (exact) mass is 314 g/mol. The van der Waals surface area contributed by atoms with Gasteiger partial charge in [-0.05, 0) is 38.0 Å². The number of aryl methyl sites for hydroxylation is 1. The van der Waals surface area contributed by atoms with E-state index in [1.807, 2.05) is 38.1 Å². The van der Waals surface area contributed by atoms with Crippen LogP contribution in [0.1, 0.15) is 32.3 Å². The number of carbonyl (C=O) groups is 1. The van der Waals surface area contributed by atoms with Crippen molar-refractivity contribution < 1.29 is 9.53 Å². The van der Waals surface area contributed by atoms with Crippen LogP contribution in [0.15, 0.2) is 24.3 Å². The first-order valence-electron chi connectivity index (χ1n) is 7.10. The molecule has 1 atom stereocenters. The molecule has 0 saturated carbocycles. The molecule has 0 bridgehead atoms. The zero-order valence-electron chi connectivity index (χ0n) is 13.4. The molecule has 0 saturated heterocycles. The Morgan fingerprint density at radius 2 is 2.10 bits per heavy atom. The van der Waals surface area contributed by atoms with Crippen molar-refractivity contribution in [3.8, 4) is 5.75 Å². The summed E-state index contributed by atoms with van der Waals surface area (Å²) in [5, 5.41) is 0. The molecule has 2 N–H and O–H groups in total. The zero-order valence-corrected chi connectivity index (χ0v) is 14.2. The molecule has 0 aliphatic heterocycles. The van der Waals surface area contributed by atoms with Crippen LogP contribution in [0.25, 0.3) is 0 Å². The van der Waals surface area contributed by atoms with E-state index in [2.05, 4.69) is 0 Å². The fraction of sp³-hybridized carbons (Fsp3) is 0.562. The topological polar surface area (TPSA) is 55.6 Å². The number of hydrogen-bond acceptors (Lipinski definition) is 3. The van der Waals surface area contributed by atoms with Crippen LogP contribution in [0, 0.1) is 6.92 Å². The van der Waals surface area contributed by atoms with Crippen molar-refractivity contribution in [3.05, 3.63) is 29.8 Å². The number of halogens is 1. The Kier molecular flexibility index (Phi) is 8.37. The number of benzene rings is 1. The van der Waals surface area contributed by atoms with Gasteiger partial charge < -0.3 is 15.4 Å². The van der Waals surface area contributed by atoms with E-state index in [1.165, 1.54) is 0 Å². The molecule has 0 aromatic heterocycles. The first kappa shape index (κ1) is 19.7. The van der Waals surface area contributed by atoms with Crippen molar-refractivity contribution in [1.29, 1.82) is 0 Å². The number of nitrogens with zero attached hydrogens (tertiary/aromatic N) is 1. The molecular weight excluding hydrogens is 288 g/mol. The van der Waals surface area contributed by atoms with Gasteiger partial charge in [-0.15, -0.1) is 12.4 Å². The highest BCUT2D eigenvalue weighted by molar-refractivity contribution is 5.85. The largest absolute Gasteiger partial charge is 0.492 e. The van der Waals surface area contributed by atoms with Crippen molar-refractivity contribution >= 4 is 18.3 Å². The third kappa shape index (κ3) is 6.36. The molecule has 0 aliphatic rings. The lowest BCUT2D eigenvalue weighted by atomic mass is 9.96. The van der Waals surface area contributed by atoms with E-state index in [1.54, 1.807) is 18.9 Å². The van der Waals surface area contributed by atoms with Crippen LogP contribution in [-0.4, -0.2) is 36.5 Å². The highest BCUT2D eigenvalue weighted by Gasteiger charge is 2.29. The molecular formula is C16H27ClN2O2. The second-order valence-electron chi connectivity index (χ2n) is 5.56. The summed E-state index contributed by atoms with van der Waals surface area (Å²) >= 11 is 0. The molecule has 1 aromatic carbocycles. The molecule has 5 heteroatoms. The Bertz CT molecular complexity index is 450. The molecule has 120 valence electrons. The summed E-state index contributed by atoms with van der Waals surface area (Å²) < 4.78 is 5.65. The van der Waals surface area contributed by atoms with Gasteiger partial charge in [0.1, 0.15) is 12.4 Å².